The van der Waals surface area contributed by atoms with E-state index in [2.05, 4.69) is 15.9 Å². The van der Waals surface area contributed by atoms with Gasteiger partial charge in [-0.05, 0) is 54.0 Å². The fourth-order valence-electron chi connectivity index (χ4n) is 4.33. The zero-order chi connectivity index (χ0) is 31.5. The number of hydrogen-bond acceptors (Lipinski definition) is 12. The van der Waals surface area contributed by atoms with Gasteiger partial charge in [-0.3, -0.25) is 0 Å². The fraction of sp³-hybridized carbons (Fsp3) is 0.357. The molecule has 1 N–H and O–H groups in total. The van der Waals surface area contributed by atoms with Crippen LogP contribution < -0.4 is 9.47 Å². The topological polar surface area (TPSA) is 163 Å². The third-order valence-electron chi connectivity index (χ3n) is 6.61. The van der Waals surface area contributed by atoms with Gasteiger partial charge in [-0.2, -0.15) is 0 Å². The van der Waals surface area contributed by atoms with Crippen molar-refractivity contribution in [2.24, 2.45) is 0 Å². The van der Waals surface area contributed by atoms with E-state index in [0.717, 1.165) is 18.1 Å². The van der Waals surface area contributed by atoms with Crippen molar-refractivity contribution in [2.75, 3.05) is 44.0 Å². The highest BCUT2D eigenvalue weighted by Gasteiger charge is 2.30. The Morgan fingerprint density at radius 2 is 1.53 bits per heavy atom. The summed E-state index contributed by atoms with van der Waals surface area (Å²) >= 11 is 3.55. The van der Waals surface area contributed by atoms with Crippen LogP contribution in [0.3, 0.4) is 0 Å². The lowest BCUT2D eigenvalue weighted by molar-refractivity contribution is -0.142. The first kappa shape index (κ1) is 32.4. The maximum atomic E-state index is 13.4. The highest BCUT2D eigenvalue weighted by Crippen LogP contribution is 2.40. The van der Waals surface area contributed by atoms with Gasteiger partial charge < -0.3 is 29.0 Å². The second kappa shape index (κ2) is 13.0. The van der Waals surface area contributed by atoms with E-state index in [1.165, 1.54) is 24.4 Å². The Morgan fingerprint density at radius 1 is 0.953 bits per heavy atom. The molecule has 2 aromatic rings. The Hall–Kier alpha value is -3.56. The molecule has 43 heavy (non-hydrogen) atoms. The van der Waals surface area contributed by atoms with Gasteiger partial charge in [0.1, 0.15) is 19.0 Å². The second-order valence-corrected chi connectivity index (χ2v) is 15.5. The third-order valence-corrected chi connectivity index (χ3v) is 9.17. The average Bonchev–Trinajstić information content (AvgIpc) is 3.35. The van der Waals surface area contributed by atoms with E-state index in [4.69, 9.17) is 18.9 Å². The molecule has 2 aromatic carbocycles. The van der Waals surface area contributed by atoms with Gasteiger partial charge in [0.15, 0.2) is 31.2 Å². The molecule has 232 valence electrons. The van der Waals surface area contributed by atoms with Crippen LogP contribution >= 0.6 is 15.9 Å². The van der Waals surface area contributed by atoms with Gasteiger partial charge >= 0.3 is 11.9 Å². The van der Waals surface area contributed by atoms with E-state index in [1.807, 2.05) is 6.92 Å². The van der Waals surface area contributed by atoms with Gasteiger partial charge in [0.25, 0.3) is 0 Å². The maximum Gasteiger partial charge on any atom is 0.340 e. The number of carbonyl (C=O) groups is 2. The number of sulfone groups is 2. The summed E-state index contributed by atoms with van der Waals surface area (Å²) in [5, 5.41) is 10.3. The number of nitrogens with zero attached hydrogens (tertiary/aromatic N) is 1. The lowest BCUT2D eigenvalue weighted by atomic mass is 9.93. The number of benzene rings is 2. The second-order valence-electron chi connectivity index (χ2n) is 10.1. The number of rotatable bonds is 10. The summed E-state index contributed by atoms with van der Waals surface area (Å²) in [5.74, 6) is -1.79. The van der Waals surface area contributed by atoms with Crippen LogP contribution in [0.15, 0.2) is 52.2 Å². The van der Waals surface area contributed by atoms with Crippen molar-refractivity contribution in [2.45, 2.75) is 19.5 Å². The molecule has 2 aliphatic heterocycles. The standard InChI is InChI=1S/C28H30BrNO11S2/c1-17-21-12-20(31)5-4-18(21)10-22(27(32)38-6-8-42(2,34)35)23(28(33)39-7-9-43(3,36)37)15-30(17)14-19-11-25-26(13-24(19)29)41-16-40-25/h4-5,10-13,15,17,31H,6-9,14,16H2,1-3H3. The molecule has 0 saturated heterocycles. The van der Waals surface area contributed by atoms with E-state index >= 15 is 0 Å². The van der Waals surface area contributed by atoms with E-state index in [1.54, 1.807) is 23.1 Å². The smallest absolute Gasteiger partial charge is 0.340 e. The van der Waals surface area contributed by atoms with Crippen LogP contribution in [0, 0.1) is 0 Å². The van der Waals surface area contributed by atoms with E-state index in [9.17, 15) is 31.5 Å². The van der Waals surface area contributed by atoms with Gasteiger partial charge in [0, 0.05) is 29.7 Å². The number of carbonyl (C=O) groups excluding carboxylic acids is 2. The summed E-state index contributed by atoms with van der Waals surface area (Å²) in [6, 6.07) is 7.57. The van der Waals surface area contributed by atoms with Crippen molar-refractivity contribution in [1.29, 1.82) is 0 Å². The molecule has 2 heterocycles. The molecule has 0 radical (unpaired) electrons. The summed E-state index contributed by atoms with van der Waals surface area (Å²) in [6.45, 7) is 1.16. The molecular formula is C28H30BrNO11S2. The van der Waals surface area contributed by atoms with Crippen LogP contribution in [0.2, 0.25) is 0 Å². The number of esters is 2. The molecule has 0 fully saturated rings. The first-order valence-corrected chi connectivity index (χ1v) is 17.8. The molecule has 15 heteroatoms. The van der Waals surface area contributed by atoms with E-state index < -0.39 is 62.4 Å². The zero-order valence-corrected chi connectivity index (χ0v) is 26.8. The van der Waals surface area contributed by atoms with Gasteiger partial charge in [-0.1, -0.05) is 22.0 Å². The summed E-state index contributed by atoms with van der Waals surface area (Å²) in [5.41, 5.74) is 1.34. The van der Waals surface area contributed by atoms with Crippen molar-refractivity contribution in [3.05, 3.63) is 68.8 Å². The molecule has 2 aliphatic rings. The minimum Gasteiger partial charge on any atom is -0.508 e. The summed E-state index contributed by atoms with van der Waals surface area (Å²) in [6.07, 6.45) is 4.79. The Kier molecular flexibility index (Phi) is 9.76. The predicted octanol–water partition coefficient (Wildman–Crippen LogP) is 2.90. The molecule has 0 saturated carbocycles. The monoisotopic (exact) mass is 699 g/mol. The van der Waals surface area contributed by atoms with E-state index in [-0.39, 0.29) is 30.2 Å². The highest BCUT2D eigenvalue weighted by atomic mass is 79.9. The van der Waals surface area contributed by atoms with Crippen molar-refractivity contribution >= 4 is 53.6 Å². The number of halogens is 1. The van der Waals surface area contributed by atoms with Crippen molar-refractivity contribution in [3.63, 3.8) is 0 Å². The normalized spacial score (nSPS) is 16.4. The van der Waals surface area contributed by atoms with Crippen LogP contribution in [-0.4, -0.2) is 82.8 Å². The maximum absolute atomic E-state index is 13.4. The number of phenolic OH excluding ortho intramolecular Hbond substituents is 1. The van der Waals surface area contributed by atoms with Crippen LogP contribution in [0.25, 0.3) is 6.08 Å². The number of hydrogen-bond donors (Lipinski definition) is 1. The average molecular weight is 701 g/mol. The minimum atomic E-state index is -3.45. The zero-order valence-electron chi connectivity index (χ0n) is 23.5. The quantitative estimate of drug-likeness (QED) is 0.362. The van der Waals surface area contributed by atoms with Crippen molar-refractivity contribution < 1.29 is 50.5 Å². The Bertz CT molecular complexity index is 1720. The lowest BCUT2D eigenvalue weighted by Gasteiger charge is -2.32. The predicted molar refractivity (Wildman–Crippen MR) is 160 cm³/mol. The molecule has 1 atom stereocenters. The molecule has 0 spiro atoms. The van der Waals surface area contributed by atoms with Gasteiger partial charge in [-0.15, -0.1) is 0 Å². The molecule has 4 rings (SSSR count). The first-order valence-electron chi connectivity index (χ1n) is 12.9. The largest absolute Gasteiger partial charge is 0.508 e. The van der Waals surface area contributed by atoms with Crippen molar-refractivity contribution in [3.8, 4) is 17.2 Å². The number of aromatic hydroxyl groups is 1. The summed E-state index contributed by atoms with van der Waals surface area (Å²) in [4.78, 5) is 28.6. The molecule has 0 amide bonds. The molecule has 0 bridgehead atoms. The fourth-order valence-corrected chi connectivity index (χ4v) is 5.55. The Morgan fingerprint density at radius 3 is 2.14 bits per heavy atom. The summed E-state index contributed by atoms with van der Waals surface area (Å²) < 4.78 is 68.7. The molecule has 0 aromatic heterocycles. The summed E-state index contributed by atoms with van der Waals surface area (Å²) in [7, 11) is -6.91. The van der Waals surface area contributed by atoms with Gasteiger partial charge in [0.2, 0.25) is 6.79 Å². The number of ether oxygens (including phenoxy) is 4. The van der Waals surface area contributed by atoms with Crippen molar-refractivity contribution in [1.82, 2.24) is 4.90 Å². The van der Waals surface area contributed by atoms with Gasteiger partial charge in [0.05, 0.1) is 28.7 Å². The lowest BCUT2D eigenvalue weighted by Crippen LogP contribution is -2.28. The van der Waals surface area contributed by atoms with E-state index in [0.29, 0.717) is 27.1 Å². The van der Waals surface area contributed by atoms with Gasteiger partial charge in [-0.25, -0.2) is 26.4 Å². The molecular weight excluding hydrogens is 670 g/mol. The Balaban J connectivity index is 1.81. The molecule has 12 nitrogen and oxygen atoms in total. The SMILES string of the molecule is CC1c2cc(O)ccc2C=C(C(=O)OCCS(C)(=O)=O)C(C(=O)OCCS(C)(=O)=O)=CN1Cc1cc2c(cc1Br)OCO2. The third kappa shape index (κ3) is 8.51. The molecule has 1 unspecified atom stereocenters. The number of phenols is 1. The highest BCUT2D eigenvalue weighted by molar-refractivity contribution is 9.10. The van der Waals surface area contributed by atoms with Crippen LogP contribution in [0.5, 0.6) is 17.2 Å². The number of fused-ring (bicyclic) bond motifs is 2. The molecule has 0 aliphatic carbocycles. The minimum absolute atomic E-state index is 0.0227. The van der Waals surface area contributed by atoms with Crippen LogP contribution in [0.4, 0.5) is 0 Å². The van der Waals surface area contributed by atoms with Crippen LogP contribution in [-0.2, 0) is 45.3 Å². The first-order chi connectivity index (χ1) is 20.1. The Labute approximate surface area is 257 Å². The van der Waals surface area contributed by atoms with Crippen LogP contribution in [0.1, 0.15) is 29.7 Å².